The van der Waals surface area contributed by atoms with Crippen molar-refractivity contribution in [2.75, 3.05) is 0 Å². The molecule has 2 heterocycles. The van der Waals surface area contributed by atoms with Gasteiger partial charge in [-0.3, -0.25) is 19.7 Å². The molecule has 7 nitrogen and oxygen atoms in total. The topological polar surface area (TPSA) is 93.7 Å². The third-order valence-electron chi connectivity index (χ3n) is 5.52. The van der Waals surface area contributed by atoms with Crippen LogP contribution in [0.1, 0.15) is 33.3 Å². The van der Waals surface area contributed by atoms with Crippen molar-refractivity contribution in [3.05, 3.63) is 121 Å². The number of nitro benzene ring substituents is 1. The molecular formula is C24H15ClN2O5. The van der Waals surface area contributed by atoms with Gasteiger partial charge in [0.05, 0.1) is 21.9 Å². The van der Waals surface area contributed by atoms with E-state index in [0.29, 0.717) is 10.6 Å². The van der Waals surface area contributed by atoms with Crippen molar-refractivity contribution < 1.29 is 14.1 Å². The van der Waals surface area contributed by atoms with Gasteiger partial charge in [-0.05, 0) is 29.3 Å². The molecule has 0 spiro atoms. The third kappa shape index (κ3) is 3.23. The summed E-state index contributed by atoms with van der Waals surface area (Å²) in [5, 5.41) is 12.0. The monoisotopic (exact) mass is 446 g/mol. The Labute approximate surface area is 186 Å². The van der Waals surface area contributed by atoms with Crippen LogP contribution in [-0.4, -0.2) is 15.7 Å². The van der Waals surface area contributed by atoms with Crippen LogP contribution in [0.3, 0.4) is 0 Å². The second kappa shape index (κ2) is 7.62. The van der Waals surface area contributed by atoms with Gasteiger partial charge >= 0.3 is 0 Å². The van der Waals surface area contributed by atoms with Gasteiger partial charge in [0, 0.05) is 23.7 Å². The van der Waals surface area contributed by atoms with E-state index < -0.39 is 16.9 Å². The number of nitro groups is 1. The Kier molecular flexibility index (Phi) is 4.75. The molecule has 3 aromatic carbocycles. The van der Waals surface area contributed by atoms with Crippen molar-refractivity contribution in [2.45, 2.75) is 12.6 Å². The van der Waals surface area contributed by atoms with Gasteiger partial charge in [-0.15, -0.1) is 0 Å². The number of nitrogens with zero attached hydrogens (tertiary/aromatic N) is 2. The number of fused-ring (bicyclic) bond motifs is 2. The fourth-order valence-electron chi connectivity index (χ4n) is 4.09. The standard InChI is InChI=1S/C24H15ClN2O5/c25-16-9-10-19-18(12-16)22(28)20-21(15-7-4-8-17(11-15)27(30)31)26(24(29)23(20)32-19)13-14-5-2-1-3-6-14/h1-12,21H,13H2. The van der Waals surface area contributed by atoms with Gasteiger partial charge in [0.25, 0.3) is 11.6 Å². The molecule has 1 amide bonds. The molecule has 0 saturated carbocycles. The number of benzene rings is 3. The first-order valence-electron chi connectivity index (χ1n) is 9.79. The Hall–Kier alpha value is -3.97. The molecule has 1 unspecified atom stereocenters. The normalized spacial score (nSPS) is 15.2. The molecule has 1 aromatic heterocycles. The van der Waals surface area contributed by atoms with Crippen molar-refractivity contribution in [3.8, 4) is 0 Å². The van der Waals surface area contributed by atoms with E-state index in [1.54, 1.807) is 18.2 Å². The van der Waals surface area contributed by atoms with Gasteiger partial charge in [0.15, 0.2) is 5.43 Å². The van der Waals surface area contributed by atoms with Crippen molar-refractivity contribution in [1.82, 2.24) is 4.90 Å². The molecule has 1 atom stereocenters. The van der Waals surface area contributed by atoms with Gasteiger partial charge in [-0.2, -0.15) is 0 Å². The van der Waals surface area contributed by atoms with Crippen LogP contribution in [0.25, 0.3) is 11.0 Å². The number of amides is 1. The number of halogens is 1. The minimum atomic E-state index is -0.836. The predicted octanol–water partition coefficient (Wildman–Crippen LogP) is 5.10. The fourth-order valence-corrected chi connectivity index (χ4v) is 4.26. The summed E-state index contributed by atoms with van der Waals surface area (Å²) in [5.74, 6) is -0.508. The average Bonchev–Trinajstić information content (AvgIpc) is 3.07. The maximum Gasteiger partial charge on any atom is 0.291 e. The van der Waals surface area contributed by atoms with Gasteiger partial charge in [-0.1, -0.05) is 54.1 Å². The van der Waals surface area contributed by atoms with Gasteiger partial charge in [0.1, 0.15) is 5.58 Å². The molecule has 0 saturated heterocycles. The van der Waals surface area contributed by atoms with E-state index in [4.69, 9.17) is 16.0 Å². The van der Waals surface area contributed by atoms with Crippen LogP contribution in [-0.2, 0) is 6.54 Å². The minimum Gasteiger partial charge on any atom is -0.450 e. The molecule has 1 aliphatic rings. The van der Waals surface area contributed by atoms with Crippen LogP contribution in [0, 0.1) is 10.1 Å². The van der Waals surface area contributed by atoms with E-state index in [9.17, 15) is 19.7 Å². The Morgan fingerprint density at radius 1 is 1.00 bits per heavy atom. The number of carbonyl (C=O) groups is 1. The molecule has 8 heteroatoms. The molecule has 0 aliphatic carbocycles. The quantitative estimate of drug-likeness (QED) is 0.321. The Balaban J connectivity index is 1.75. The van der Waals surface area contributed by atoms with Crippen molar-refractivity contribution >= 4 is 34.2 Å². The third-order valence-corrected chi connectivity index (χ3v) is 5.76. The molecule has 5 rings (SSSR count). The smallest absolute Gasteiger partial charge is 0.291 e. The lowest BCUT2D eigenvalue weighted by Crippen LogP contribution is -2.29. The summed E-state index contributed by atoms with van der Waals surface area (Å²) in [7, 11) is 0. The summed E-state index contributed by atoms with van der Waals surface area (Å²) >= 11 is 6.08. The second-order valence-electron chi connectivity index (χ2n) is 7.49. The summed E-state index contributed by atoms with van der Waals surface area (Å²) in [6.07, 6.45) is 0. The second-order valence-corrected chi connectivity index (χ2v) is 7.92. The van der Waals surface area contributed by atoms with Gasteiger partial charge in [0.2, 0.25) is 5.76 Å². The van der Waals surface area contributed by atoms with E-state index in [0.717, 1.165) is 5.56 Å². The number of non-ortho nitro benzene ring substituents is 1. The summed E-state index contributed by atoms with van der Waals surface area (Å²) in [6.45, 7) is 0.202. The molecule has 0 radical (unpaired) electrons. The summed E-state index contributed by atoms with van der Waals surface area (Å²) in [4.78, 5) is 39.2. The molecule has 0 fully saturated rings. The maximum absolute atomic E-state index is 13.5. The van der Waals surface area contributed by atoms with Crippen molar-refractivity contribution in [2.24, 2.45) is 0 Å². The van der Waals surface area contributed by atoms with E-state index in [1.807, 2.05) is 30.3 Å². The molecule has 158 valence electrons. The zero-order valence-electron chi connectivity index (χ0n) is 16.5. The summed E-state index contributed by atoms with van der Waals surface area (Å²) in [6, 6.07) is 19.1. The van der Waals surface area contributed by atoms with E-state index >= 15 is 0 Å². The lowest BCUT2D eigenvalue weighted by Gasteiger charge is -2.25. The lowest BCUT2D eigenvalue weighted by molar-refractivity contribution is -0.384. The van der Waals surface area contributed by atoms with Crippen LogP contribution < -0.4 is 5.43 Å². The number of hydrogen-bond donors (Lipinski definition) is 0. The molecule has 4 aromatic rings. The molecule has 32 heavy (non-hydrogen) atoms. The first-order chi connectivity index (χ1) is 15.4. The van der Waals surface area contributed by atoms with Crippen LogP contribution >= 0.6 is 11.6 Å². The highest BCUT2D eigenvalue weighted by Crippen LogP contribution is 2.40. The maximum atomic E-state index is 13.5. The van der Waals surface area contributed by atoms with E-state index in [1.165, 1.54) is 29.2 Å². The van der Waals surface area contributed by atoms with Crippen LogP contribution in [0.15, 0.2) is 82.0 Å². The number of hydrogen-bond acceptors (Lipinski definition) is 5. The zero-order valence-corrected chi connectivity index (χ0v) is 17.3. The van der Waals surface area contributed by atoms with E-state index in [2.05, 4.69) is 0 Å². The van der Waals surface area contributed by atoms with Gasteiger partial charge in [-0.25, -0.2) is 0 Å². The van der Waals surface area contributed by atoms with Crippen LogP contribution in [0.5, 0.6) is 0 Å². The number of rotatable bonds is 4. The van der Waals surface area contributed by atoms with E-state index in [-0.39, 0.29) is 40.0 Å². The fraction of sp³-hybridized carbons (Fsp3) is 0.0833. The molecule has 0 bridgehead atoms. The number of carbonyl (C=O) groups excluding carboxylic acids is 1. The summed E-state index contributed by atoms with van der Waals surface area (Å²) in [5.41, 5.74) is 1.20. The minimum absolute atomic E-state index is 0.0581. The van der Waals surface area contributed by atoms with Crippen molar-refractivity contribution in [3.63, 3.8) is 0 Å². The highest BCUT2D eigenvalue weighted by Gasteiger charge is 2.43. The first kappa shape index (κ1) is 20.0. The van der Waals surface area contributed by atoms with Gasteiger partial charge < -0.3 is 9.32 Å². The molecule has 1 aliphatic heterocycles. The Bertz CT molecular complexity index is 1450. The predicted molar refractivity (Wildman–Crippen MR) is 119 cm³/mol. The Morgan fingerprint density at radius 3 is 2.53 bits per heavy atom. The van der Waals surface area contributed by atoms with Crippen molar-refractivity contribution in [1.29, 1.82) is 0 Å². The highest BCUT2D eigenvalue weighted by atomic mass is 35.5. The highest BCUT2D eigenvalue weighted by molar-refractivity contribution is 6.31. The SMILES string of the molecule is O=C1c2oc3ccc(Cl)cc3c(=O)c2C(c2cccc([N+](=O)[O-])c2)N1Cc1ccccc1. The average molecular weight is 447 g/mol. The largest absolute Gasteiger partial charge is 0.450 e. The zero-order chi connectivity index (χ0) is 22.4. The molecule has 0 N–H and O–H groups in total. The summed E-state index contributed by atoms with van der Waals surface area (Å²) < 4.78 is 5.87. The Morgan fingerprint density at radius 2 is 1.78 bits per heavy atom. The van der Waals surface area contributed by atoms with Crippen LogP contribution in [0.2, 0.25) is 5.02 Å². The lowest BCUT2D eigenvalue weighted by atomic mass is 9.98. The van der Waals surface area contributed by atoms with Crippen LogP contribution in [0.4, 0.5) is 5.69 Å². The first-order valence-corrected chi connectivity index (χ1v) is 10.2. The molecular weight excluding hydrogens is 432 g/mol.